The molecule has 6 nitrogen and oxygen atoms in total. The van der Waals surface area contributed by atoms with Crippen LogP contribution in [-0.4, -0.2) is 42.3 Å². The summed E-state index contributed by atoms with van der Waals surface area (Å²) in [5.74, 6) is -1.53. The summed E-state index contributed by atoms with van der Waals surface area (Å²) in [6, 6.07) is 13.1. The van der Waals surface area contributed by atoms with Gasteiger partial charge in [-0.2, -0.15) is 0 Å². The van der Waals surface area contributed by atoms with Crippen molar-refractivity contribution in [3.63, 3.8) is 0 Å². The highest BCUT2D eigenvalue weighted by atomic mass is 19.1. The Labute approximate surface area is 149 Å². The zero-order chi connectivity index (χ0) is 18.5. The first kappa shape index (κ1) is 17.6. The molecule has 0 aliphatic carbocycles. The lowest BCUT2D eigenvalue weighted by Gasteiger charge is -2.14. The van der Waals surface area contributed by atoms with Crippen LogP contribution in [-0.2, 0) is 4.79 Å². The number of imide groups is 1. The summed E-state index contributed by atoms with van der Waals surface area (Å²) in [5, 5.41) is 2.62. The number of carbonyl (C=O) groups excluding carboxylic acids is 3. The van der Waals surface area contributed by atoms with Gasteiger partial charge in [0.25, 0.3) is 11.8 Å². The molecule has 1 aliphatic rings. The molecule has 0 bridgehead atoms. The first-order chi connectivity index (χ1) is 12.6. The largest absolute Gasteiger partial charge is 0.493 e. The maximum absolute atomic E-state index is 13.7. The summed E-state index contributed by atoms with van der Waals surface area (Å²) in [6.07, 6.45) is 0.144. The first-order valence-corrected chi connectivity index (χ1v) is 8.17. The number of benzene rings is 2. The number of nitrogens with one attached hydrogen (secondary N) is 1. The molecule has 0 fully saturated rings. The average Bonchev–Trinajstić information content (AvgIpc) is 2.88. The van der Waals surface area contributed by atoms with Crippen LogP contribution >= 0.6 is 0 Å². The quantitative estimate of drug-likeness (QED) is 0.770. The van der Waals surface area contributed by atoms with Gasteiger partial charge in [-0.05, 0) is 24.3 Å². The van der Waals surface area contributed by atoms with Crippen LogP contribution in [0, 0.1) is 5.82 Å². The van der Waals surface area contributed by atoms with Crippen LogP contribution in [0.2, 0.25) is 0 Å². The first-order valence-electron chi connectivity index (χ1n) is 8.17. The van der Waals surface area contributed by atoms with Crippen LogP contribution < -0.4 is 10.1 Å². The molecule has 1 aliphatic heterocycles. The molecule has 7 heteroatoms. The van der Waals surface area contributed by atoms with E-state index < -0.39 is 17.6 Å². The third-order valence-corrected chi connectivity index (χ3v) is 3.95. The van der Waals surface area contributed by atoms with Crippen LogP contribution in [0.4, 0.5) is 4.39 Å². The Morgan fingerprint density at radius 3 is 2.54 bits per heavy atom. The Morgan fingerprint density at radius 2 is 1.81 bits per heavy atom. The lowest BCUT2D eigenvalue weighted by molar-refractivity contribution is -0.121. The van der Waals surface area contributed by atoms with Crippen molar-refractivity contribution in [3.8, 4) is 5.75 Å². The van der Waals surface area contributed by atoms with Gasteiger partial charge >= 0.3 is 0 Å². The van der Waals surface area contributed by atoms with Crippen molar-refractivity contribution in [1.29, 1.82) is 0 Å². The summed E-state index contributed by atoms with van der Waals surface area (Å²) >= 11 is 0. The highest BCUT2D eigenvalue weighted by molar-refractivity contribution is 6.21. The maximum atomic E-state index is 13.7. The van der Waals surface area contributed by atoms with Gasteiger partial charge in [0.15, 0.2) is 0 Å². The highest BCUT2D eigenvalue weighted by Gasteiger charge is 2.37. The third-order valence-electron chi connectivity index (χ3n) is 3.95. The molecule has 0 aromatic heterocycles. The molecule has 3 amide bonds. The fourth-order valence-corrected chi connectivity index (χ4v) is 2.67. The van der Waals surface area contributed by atoms with Gasteiger partial charge in [-0.25, -0.2) is 4.39 Å². The molecule has 2 aromatic carbocycles. The summed E-state index contributed by atoms with van der Waals surface area (Å²) < 4.78 is 19.2. The Kier molecular flexibility index (Phi) is 5.26. The Bertz CT molecular complexity index is 839. The topological polar surface area (TPSA) is 75.7 Å². The second kappa shape index (κ2) is 7.77. The molecule has 1 heterocycles. The van der Waals surface area contributed by atoms with E-state index >= 15 is 0 Å². The second-order valence-corrected chi connectivity index (χ2v) is 5.69. The number of amides is 3. The molecule has 2 aromatic rings. The van der Waals surface area contributed by atoms with E-state index in [1.807, 2.05) is 18.2 Å². The number of hydrogen-bond acceptors (Lipinski definition) is 4. The van der Waals surface area contributed by atoms with Gasteiger partial charge in [0.05, 0.1) is 24.2 Å². The van der Waals surface area contributed by atoms with Crippen LogP contribution in [0.15, 0.2) is 48.5 Å². The number of ether oxygens (including phenoxy) is 1. The molecule has 0 atom stereocenters. The fourth-order valence-electron chi connectivity index (χ4n) is 2.67. The van der Waals surface area contributed by atoms with Crippen molar-refractivity contribution < 1.29 is 23.5 Å². The van der Waals surface area contributed by atoms with Gasteiger partial charge in [-0.15, -0.1) is 0 Å². The molecule has 0 saturated heterocycles. The number of nitrogens with zero attached hydrogens (tertiary/aromatic N) is 1. The normalized spacial score (nSPS) is 12.9. The van der Waals surface area contributed by atoms with Crippen molar-refractivity contribution >= 4 is 17.7 Å². The number of carbonyl (C=O) groups is 3. The molecule has 3 rings (SSSR count). The van der Waals surface area contributed by atoms with Gasteiger partial charge in [0, 0.05) is 13.1 Å². The summed E-state index contributed by atoms with van der Waals surface area (Å²) in [7, 11) is 0. The predicted octanol–water partition coefficient (Wildman–Crippen LogP) is 2.01. The predicted molar refractivity (Wildman–Crippen MR) is 91.3 cm³/mol. The molecule has 1 N–H and O–H groups in total. The average molecular weight is 356 g/mol. The lowest BCUT2D eigenvalue weighted by Crippen LogP contribution is -2.38. The van der Waals surface area contributed by atoms with Crippen molar-refractivity contribution in [2.75, 3.05) is 19.7 Å². The number of para-hydroxylation sites is 1. The number of fused-ring (bicyclic) bond motifs is 1. The highest BCUT2D eigenvalue weighted by Crippen LogP contribution is 2.24. The van der Waals surface area contributed by atoms with Gasteiger partial charge in [-0.1, -0.05) is 24.3 Å². The molecule has 0 unspecified atom stereocenters. The van der Waals surface area contributed by atoms with E-state index in [0.29, 0.717) is 5.75 Å². The van der Waals surface area contributed by atoms with Crippen molar-refractivity contribution in [2.45, 2.75) is 6.42 Å². The summed E-state index contributed by atoms with van der Waals surface area (Å²) in [5.41, 5.74) is -0.155. The smallest absolute Gasteiger partial charge is 0.264 e. The van der Waals surface area contributed by atoms with E-state index in [4.69, 9.17) is 4.74 Å². The van der Waals surface area contributed by atoms with Crippen molar-refractivity contribution in [2.24, 2.45) is 0 Å². The SMILES string of the molecule is O=C(CCOc1ccccc1)NCCN1C(=O)c2cccc(F)c2C1=O. The lowest BCUT2D eigenvalue weighted by atomic mass is 10.1. The number of hydrogen-bond donors (Lipinski definition) is 1. The van der Waals surface area contributed by atoms with E-state index in [1.165, 1.54) is 12.1 Å². The number of halogens is 1. The van der Waals surface area contributed by atoms with E-state index in [9.17, 15) is 18.8 Å². The van der Waals surface area contributed by atoms with E-state index in [0.717, 1.165) is 11.0 Å². The van der Waals surface area contributed by atoms with Gasteiger partial charge in [0.2, 0.25) is 5.91 Å². The molecule has 134 valence electrons. The van der Waals surface area contributed by atoms with E-state index in [-0.39, 0.29) is 43.2 Å². The maximum Gasteiger partial charge on any atom is 0.264 e. The van der Waals surface area contributed by atoms with Gasteiger partial charge in [0.1, 0.15) is 11.6 Å². The fraction of sp³-hybridized carbons (Fsp3) is 0.211. The van der Waals surface area contributed by atoms with E-state index in [2.05, 4.69) is 5.32 Å². The Hall–Kier alpha value is -3.22. The molecule has 26 heavy (non-hydrogen) atoms. The third kappa shape index (κ3) is 3.72. The Balaban J connectivity index is 1.44. The van der Waals surface area contributed by atoms with E-state index in [1.54, 1.807) is 12.1 Å². The van der Waals surface area contributed by atoms with Crippen molar-refractivity contribution in [3.05, 3.63) is 65.5 Å². The minimum absolute atomic E-state index is 0.0168. The molecule has 0 saturated carbocycles. The molecular formula is C19H17FN2O4. The van der Waals surface area contributed by atoms with Crippen LogP contribution in [0.1, 0.15) is 27.1 Å². The minimum Gasteiger partial charge on any atom is -0.493 e. The molecular weight excluding hydrogens is 339 g/mol. The van der Waals surface area contributed by atoms with Crippen LogP contribution in [0.3, 0.4) is 0 Å². The van der Waals surface area contributed by atoms with Gasteiger partial charge < -0.3 is 10.1 Å². The van der Waals surface area contributed by atoms with Crippen LogP contribution in [0.5, 0.6) is 5.75 Å². The summed E-state index contributed by atoms with van der Waals surface area (Å²) in [6.45, 7) is 0.294. The van der Waals surface area contributed by atoms with Crippen molar-refractivity contribution in [1.82, 2.24) is 10.2 Å². The minimum atomic E-state index is -0.717. The molecule has 0 spiro atoms. The zero-order valence-corrected chi connectivity index (χ0v) is 13.9. The number of rotatable bonds is 7. The van der Waals surface area contributed by atoms with Crippen LogP contribution in [0.25, 0.3) is 0 Å². The standard InChI is InChI=1S/C19H17FN2O4/c20-15-8-4-7-14-17(15)19(25)22(18(14)24)11-10-21-16(23)9-12-26-13-5-2-1-3-6-13/h1-8H,9-12H2,(H,21,23). The Morgan fingerprint density at radius 1 is 1.04 bits per heavy atom. The zero-order valence-electron chi connectivity index (χ0n) is 13.9. The molecule has 0 radical (unpaired) electrons. The monoisotopic (exact) mass is 356 g/mol. The second-order valence-electron chi connectivity index (χ2n) is 5.69. The summed E-state index contributed by atoms with van der Waals surface area (Å²) in [4.78, 5) is 37.1. The van der Waals surface area contributed by atoms with Gasteiger partial charge in [-0.3, -0.25) is 19.3 Å².